The molecule has 1 aromatic carbocycles. The first kappa shape index (κ1) is 16.8. The topological polar surface area (TPSA) is 71.3 Å². The summed E-state index contributed by atoms with van der Waals surface area (Å²) in [6.07, 6.45) is 1.56. The fourth-order valence-corrected chi connectivity index (χ4v) is 2.24. The van der Waals surface area contributed by atoms with Gasteiger partial charge < -0.3 is 15.1 Å². The van der Waals surface area contributed by atoms with Crippen molar-refractivity contribution >= 4 is 11.8 Å². The lowest BCUT2D eigenvalue weighted by Gasteiger charge is -2.21. The third-order valence-electron chi connectivity index (χ3n) is 3.53. The van der Waals surface area contributed by atoms with Gasteiger partial charge >= 0.3 is 0 Å². The molecule has 0 aliphatic carbocycles. The Bertz CT molecular complexity index is 663. The molecule has 0 spiro atoms. The van der Waals surface area contributed by atoms with E-state index in [1.54, 1.807) is 30.5 Å². The third-order valence-corrected chi connectivity index (χ3v) is 3.53. The first-order valence-corrected chi connectivity index (χ1v) is 7.65. The molecule has 5 nitrogen and oxygen atoms in total. The van der Waals surface area contributed by atoms with Crippen LogP contribution in [-0.4, -0.2) is 17.9 Å². The Balaban J connectivity index is 2.00. The molecule has 0 bridgehead atoms. The Kier molecular flexibility index (Phi) is 5.57. The molecule has 0 aliphatic heterocycles. The lowest BCUT2D eigenvalue weighted by atomic mass is 10.0. The van der Waals surface area contributed by atoms with Gasteiger partial charge in [0.05, 0.1) is 12.8 Å². The number of furan rings is 1. The van der Waals surface area contributed by atoms with E-state index < -0.39 is 6.04 Å². The smallest absolute Gasteiger partial charge is 0.251 e. The van der Waals surface area contributed by atoms with E-state index >= 15 is 0 Å². The van der Waals surface area contributed by atoms with E-state index in [2.05, 4.69) is 10.6 Å². The molecule has 23 heavy (non-hydrogen) atoms. The summed E-state index contributed by atoms with van der Waals surface area (Å²) in [5, 5.41) is 5.60. The Morgan fingerprint density at radius 2 is 1.96 bits per heavy atom. The Hall–Kier alpha value is -2.56. The monoisotopic (exact) mass is 314 g/mol. The highest BCUT2D eigenvalue weighted by molar-refractivity contribution is 5.97. The van der Waals surface area contributed by atoms with Gasteiger partial charge in [-0.05, 0) is 37.1 Å². The molecule has 0 saturated heterocycles. The molecule has 0 fully saturated rings. The number of hydrogen-bond donors (Lipinski definition) is 2. The first-order chi connectivity index (χ1) is 11.0. The van der Waals surface area contributed by atoms with Crippen LogP contribution in [0.25, 0.3) is 0 Å². The van der Waals surface area contributed by atoms with Crippen molar-refractivity contribution < 1.29 is 14.0 Å². The minimum Gasteiger partial charge on any atom is -0.467 e. The van der Waals surface area contributed by atoms with Crippen LogP contribution in [-0.2, 0) is 11.3 Å². The molecule has 0 saturated carbocycles. The number of hydrogen-bond acceptors (Lipinski definition) is 3. The van der Waals surface area contributed by atoms with Crippen LogP contribution in [0.1, 0.15) is 35.5 Å². The molecule has 2 amide bonds. The molecule has 5 heteroatoms. The van der Waals surface area contributed by atoms with Gasteiger partial charge in [-0.25, -0.2) is 0 Å². The van der Waals surface area contributed by atoms with Crippen molar-refractivity contribution in [2.75, 3.05) is 0 Å². The van der Waals surface area contributed by atoms with Crippen LogP contribution < -0.4 is 10.6 Å². The van der Waals surface area contributed by atoms with E-state index in [-0.39, 0.29) is 17.7 Å². The van der Waals surface area contributed by atoms with E-state index in [9.17, 15) is 9.59 Å². The summed E-state index contributed by atoms with van der Waals surface area (Å²) in [6, 6.07) is 10.2. The van der Waals surface area contributed by atoms with Gasteiger partial charge in [-0.3, -0.25) is 9.59 Å². The summed E-state index contributed by atoms with van der Waals surface area (Å²) in [7, 11) is 0. The number of rotatable bonds is 6. The average molecular weight is 314 g/mol. The van der Waals surface area contributed by atoms with E-state index in [1.165, 1.54) is 0 Å². The SMILES string of the molecule is Cc1cccc(C(=O)NC(C(=O)NCc2ccco2)C(C)C)c1. The quantitative estimate of drug-likeness (QED) is 0.861. The van der Waals surface area contributed by atoms with Gasteiger partial charge in [-0.1, -0.05) is 31.5 Å². The first-order valence-electron chi connectivity index (χ1n) is 7.65. The fraction of sp³-hybridized carbons (Fsp3) is 0.333. The van der Waals surface area contributed by atoms with Crippen molar-refractivity contribution in [3.05, 3.63) is 59.5 Å². The number of aryl methyl sites for hydroxylation is 1. The predicted octanol–water partition coefficient (Wildman–Crippen LogP) is 2.66. The number of nitrogens with one attached hydrogen (secondary N) is 2. The highest BCUT2D eigenvalue weighted by Crippen LogP contribution is 2.08. The van der Waals surface area contributed by atoms with Gasteiger partial charge in [-0.15, -0.1) is 0 Å². The zero-order valence-electron chi connectivity index (χ0n) is 13.6. The van der Waals surface area contributed by atoms with Crippen molar-refractivity contribution in [2.45, 2.75) is 33.4 Å². The second-order valence-electron chi connectivity index (χ2n) is 5.86. The van der Waals surface area contributed by atoms with Gasteiger partial charge in [0.1, 0.15) is 11.8 Å². The summed E-state index contributed by atoms with van der Waals surface area (Å²) in [4.78, 5) is 24.7. The third kappa shape index (κ3) is 4.71. The van der Waals surface area contributed by atoms with E-state index in [0.29, 0.717) is 17.9 Å². The summed E-state index contributed by atoms with van der Waals surface area (Å²) < 4.78 is 5.19. The minimum atomic E-state index is -0.599. The van der Waals surface area contributed by atoms with Gasteiger partial charge in [0.15, 0.2) is 0 Å². The van der Waals surface area contributed by atoms with Crippen LogP contribution in [0.5, 0.6) is 0 Å². The molecule has 1 aromatic heterocycles. The van der Waals surface area contributed by atoms with Gasteiger partial charge in [0, 0.05) is 5.56 Å². The van der Waals surface area contributed by atoms with E-state index in [0.717, 1.165) is 5.56 Å². The van der Waals surface area contributed by atoms with Crippen LogP contribution in [0.4, 0.5) is 0 Å². The van der Waals surface area contributed by atoms with Gasteiger partial charge in [0.25, 0.3) is 5.91 Å². The standard InChI is InChI=1S/C18H22N2O3/c1-12(2)16(18(22)19-11-15-8-5-9-23-15)20-17(21)14-7-4-6-13(3)10-14/h4-10,12,16H,11H2,1-3H3,(H,19,22)(H,20,21). The van der Waals surface area contributed by atoms with E-state index in [1.807, 2.05) is 32.9 Å². The summed E-state index contributed by atoms with van der Waals surface area (Å²) >= 11 is 0. The molecule has 1 unspecified atom stereocenters. The molecular formula is C18H22N2O3. The molecule has 0 aliphatic rings. The summed E-state index contributed by atoms with van der Waals surface area (Å²) in [5.74, 6) is 0.171. The molecule has 0 radical (unpaired) electrons. The number of amides is 2. The second kappa shape index (κ2) is 7.63. The highest BCUT2D eigenvalue weighted by atomic mass is 16.3. The Morgan fingerprint density at radius 1 is 1.17 bits per heavy atom. The van der Waals surface area contributed by atoms with Gasteiger partial charge in [0.2, 0.25) is 5.91 Å². The van der Waals surface area contributed by atoms with Crippen molar-refractivity contribution in [3.63, 3.8) is 0 Å². The number of carbonyl (C=O) groups excluding carboxylic acids is 2. The van der Waals surface area contributed by atoms with Crippen molar-refractivity contribution in [3.8, 4) is 0 Å². The summed E-state index contributed by atoms with van der Waals surface area (Å²) in [5.41, 5.74) is 1.55. The molecule has 2 N–H and O–H groups in total. The molecular weight excluding hydrogens is 292 g/mol. The lowest BCUT2D eigenvalue weighted by Crippen LogP contribution is -2.49. The maximum absolute atomic E-state index is 12.3. The Morgan fingerprint density at radius 3 is 2.57 bits per heavy atom. The largest absolute Gasteiger partial charge is 0.467 e. The van der Waals surface area contributed by atoms with Crippen molar-refractivity contribution in [2.24, 2.45) is 5.92 Å². The molecule has 1 atom stereocenters. The molecule has 2 rings (SSSR count). The molecule has 2 aromatic rings. The highest BCUT2D eigenvalue weighted by Gasteiger charge is 2.24. The van der Waals surface area contributed by atoms with Crippen LogP contribution >= 0.6 is 0 Å². The van der Waals surface area contributed by atoms with Crippen LogP contribution in [0.15, 0.2) is 47.1 Å². The van der Waals surface area contributed by atoms with Crippen molar-refractivity contribution in [1.29, 1.82) is 0 Å². The van der Waals surface area contributed by atoms with Crippen LogP contribution in [0, 0.1) is 12.8 Å². The normalized spacial score (nSPS) is 12.0. The number of benzene rings is 1. The van der Waals surface area contributed by atoms with Crippen LogP contribution in [0.2, 0.25) is 0 Å². The number of carbonyl (C=O) groups is 2. The molecule has 122 valence electrons. The lowest BCUT2D eigenvalue weighted by molar-refractivity contribution is -0.124. The zero-order chi connectivity index (χ0) is 16.8. The van der Waals surface area contributed by atoms with Crippen LogP contribution in [0.3, 0.4) is 0 Å². The minimum absolute atomic E-state index is 0.0274. The second-order valence-corrected chi connectivity index (χ2v) is 5.86. The maximum atomic E-state index is 12.3. The maximum Gasteiger partial charge on any atom is 0.251 e. The average Bonchev–Trinajstić information content (AvgIpc) is 3.03. The fourth-order valence-electron chi connectivity index (χ4n) is 2.24. The van der Waals surface area contributed by atoms with E-state index in [4.69, 9.17) is 4.42 Å². The molecule has 1 heterocycles. The van der Waals surface area contributed by atoms with Gasteiger partial charge in [-0.2, -0.15) is 0 Å². The zero-order valence-corrected chi connectivity index (χ0v) is 13.6. The predicted molar refractivity (Wildman–Crippen MR) is 87.8 cm³/mol. The van der Waals surface area contributed by atoms with Crippen molar-refractivity contribution in [1.82, 2.24) is 10.6 Å². The Labute approximate surface area is 136 Å². The summed E-state index contributed by atoms with van der Waals surface area (Å²) in [6.45, 7) is 6.02.